The zero-order valence-corrected chi connectivity index (χ0v) is 16.5. The van der Waals surface area contributed by atoms with Gasteiger partial charge in [-0.25, -0.2) is 13.1 Å². The molecule has 0 atom stereocenters. The lowest BCUT2D eigenvalue weighted by Crippen LogP contribution is -2.43. The predicted octanol–water partition coefficient (Wildman–Crippen LogP) is 1.46. The van der Waals surface area contributed by atoms with E-state index in [0.29, 0.717) is 12.5 Å². The van der Waals surface area contributed by atoms with Crippen LogP contribution in [0.2, 0.25) is 0 Å². The molecule has 0 heterocycles. The van der Waals surface area contributed by atoms with Crippen molar-refractivity contribution >= 4 is 40.0 Å². The van der Waals surface area contributed by atoms with Gasteiger partial charge >= 0.3 is 0 Å². The smallest absolute Gasteiger partial charge is 0.240 e. The van der Waals surface area contributed by atoms with Crippen LogP contribution >= 0.6 is 24.0 Å². The van der Waals surface area contributed by atoms with Crippen molar-refractivity contribution in [2.75, 3.05) is 20.1 Å². The molecule has 0 aliphatic rings. The van der Waals surface area contributed by atoms with E-state index < -0.39 is 10.0 Å². The molecule has 0 saturated carbocycles. The standard InChI is InChI=1S/C14H24N4O2S.HI/c1-11(2)18-14(15-4)16-9-10-17-21(19,20)13-7-5-12(3)6-8-13;/h5-8,11,17H,9-10H2,1-4H3,(H2,15,16,18);1H. The highest BCUT2D eigenvalue weighted by atomic mass is 127. The second kappa shape index (κ2) is 10.0. The first-order chi connectivity index (χ1) is 9.85. The van der Waals surface area contributed by atoms with Crippen molar-refractivity contribution in [3.8, 4) is 0 Å². The number of rotatable bonds is 6. The van der Waals surface area contributed by atoms with E-state index in [-0.39, 0.29) is 41.5 Å². The number of halogens is 1. The zero-order chi connectivity index (χ0) is 15.9. The van der Waals surface area contributed by atoms with E-state index in [1.165, 1.54) is 0 Å². The third-order valence-corrected chi connectivity index (χ3v) is 4.17. The maximum atomic E-state index is 12.1. The molecule has 0 unspecified atom stereocenters. The number of benzene rings is 1. The first-order valence-corrected chi connectivity index (χ1v) is 8.37. The number of aryl methyl sites for hydroxylation is 1. The number of nitrogens with zero attached hydrogens (tertiary/aromatic N) is 1. The van der Waals surface area contributed by atoms with E-state index in [1.54, 1.807) is 31.3 Å². The fourth-order valence-electron chi connectivity index (χ4n) is 1.64. The molecule has 0 saturated heterocycles. The normalized spacial score (nSPS) is 12.0. The van der Waals surface area contributed by atoms with Gasteiger partial charge in [-0.2, -0.15) is 0 Å². The minimum Gasteiger partial charge on any atom is -0.355 e. The number of aliphatic imine (C=N–C) groups is 1. The number of guanidine groups is 1. The Morgan fingerprint density at radius 3 is 2.27 bits per heavy atom. The van der Waals surface area contributed by atoms with Crippen molar-refractivity contribution < 1.29 is 8.42 Å². The molecule has 22 heavy (non-hydrogen) atoms. The fraction of sp³-hybridized carbons (Fsp3) is 0.500. The van der Waals surface area contributed by atoms with E-state index in [2.05, 4.69) is 20.3 Å². The Labute approximate surface area is 150 Å². The summed E-state index contributed by atoms with van der Waals surface area (Å²) in [6.07, 6.45) is 0. The number of nitrogens with one attached hydrogen (secondary N) is 3. The lowest BCUT2D eigenvalue weighted by atomic mass is 10.2. The van der Waals surface area contributed by atoms with Crippen molar-refractivity contribution in [2.45, 2.75) is 31.7 Å². The molecule has 6 nitrogen and oxygen atoms in total. The molecule has 0 bridgehead atoms. The van der Waals surface area contributed by atoms with E-state index >= 15 is 0 Å². The van der Waals surface area contributed by atoms with Gasteiger partial charge in [-0.05, 0) is 32.9 Å². The molecule has 0 amide bonds. The van der Waals surface area contributed by atoms with Gasteiger partial charge in [0.05, 0.1) is 4.90 Å². The van der Waals surface area contributed by atoms with E-state index in [1.807, 2.05) is 20.8 Å². The molecule has 1 aromatic carbocycles. The Morgan fingerprint density at radius 2 is 1.77 bits per heavy atom. The van der Waals surface area contributed by atoms with Crippen molar-refractivity contribution in [1.29, 1.82) is 0 Å². The molecule has 3 N–H and O–H groups in total. The molecule has 1 aromatic rings. The molecule has 1 rings (SSSR count). The van der Waals surface area contributed by atoms with Crippen LogP contribution in [-0.4, -0.2) is 40.6 Å². The van der Waals surface area contributed by atoms with Crippen molar-refractivity contribution in [3.63, 3.8) is 0 Å². The van der Waals surface area contributed by atoms with Gasteiger partial charge in [0.1, 0.15) is 0 Å². The summed E-state index contributed by atoms with van der Waals surface area (Å²) in [7, 11) is -1.78. The van der Waals surface area contributed by atoms with Gasteiger partial charge < -0.3 is 10.6 Å². The van der Waals surface area contributed by atoms with E-state index in [4.69, 9.17) is 0 Å². The van der Waals surface area contributed by atoms with Gasteiger partial charge in [0, 0.05) is 26.2 Å². The summed E-state index contributed by atoms with van der Waals surface area (Å²) in [5.74, 6) is 0.652. The molecule has 0 aliphatic carbocycles. The maximum Gasteiger partial charge on any atom is 0.240 e. The van der Waals surface area contributed by atoms with Crippen LogP contribution in [0, 0.1) is 6.92 Å². The summed E-state index contributed by atoms with van der Waals surface area (Å²) in [5, 5.41) is 6.17. The minimum atomic E-state index is -3.46. The molecule has 0 spiro atoms. The lowest BCUT2D eigenvalue weighted by Gasteiger charge is -2.14. The van der Waals surface area contributed by atoms with Gasteiger partial charge in [0.25, 0.3) is 0 Å². The average Bonchev–Trinajstić information content (AvgIpc) is 2.42. The van der Waals surface area contributed by atoms with Gasteiger partial charge in [0.15, 0.2) is 5.96 Å². The molecule has 8 heteroatoms. The first-order valence-electron chi connectivity index (χ1n) is 6.88. The Morgan fingerprint density at radius 1 is 1.18 bits per heavy atom. The van der Waals surface area contributed by atoms with Crippen molar-refractivity contribution in [2.24, 2.45) is 4.99 Å². The zero-order valence-electron chi connectivity index (χ0n) is 13.4. The summed E-state index contributed by atoms with van der Waals surface area (Å²) in [6, 6.07) is 7.03. The Bertz CT molecular complexity index is 571. The number of sulfonamides is 1. The highest BCUT2D eigenvalue weighted by Gasteiger charge is 2.12. The van der Waals surface area contributed by atoms with E-state index in [0.717, 1.165) is 5.56 Å². The quantitative estimate of drug-likeness (QED) is 0.271. The average molecular weight is 440 g/mol. The second-order valence-corrected chi connectivity index (χ2v) is 6.78. The van der Waals surface area contributed by atoms with Crippen LogP contribution in [0.15, 0.2) is 34.2 Å². The Balaban J connectivity index is 0.00000441. The summed E-state index contributed by atoms with van der Waals surface area (Å²) in [6.45, 7) is 6.67. The number of hydrogen-bond acceptors (Lipinski definition) is 3. The maximum absolute atomic E-state index is 12.1. The topological polar surface area (TPSA) is 82.6 Å². The van der Waals surface area contributed by atoms with Crippen LogP contribution in [0.1, 0.15) is 19.4 Å². The Hall–Kier alpha value is -0.870. The monoisotopic (exact) mass is 440 g/mol. The second-order valence-electron chi connectivity index (χ2n) is 5.01. The molecule has 0 aromatic heterocycles. The summed E-state index contributed by atoms with van der Waals surface area (Å²) in [4.78, 5) is 4.32. The highest BCUT2D eigenvalue weighted by Crippen LogP contribution is 2.09. The molecular formula is C14H25IN4O2S. The third kappa shape index (κ3) is 7.41. The first kappa shape index (κ1) is 21.1. The summed E-state index contributed by atoms with van der Waals surface area (Å²) >= 11 is 0. The number of hydrogen-bond donors (Lipinski definition) is 3. The van der Waals surface area contributed by atoms with Crippen molar-refractivity contribution in [1.82, 2.24) is 15.4 Å². The summed E-state index contributed by atoms with van der Waals surface area (Å²) < 4.78 is 26.7. The fourth-order valence-corrected chi connectivity index (χ4v) is 2.67. The van der Waals surface area contributed by atoms with Gasteiger partial charge in [-0.1, -0.05) is 17.7 Å². The third-order valence-electron chi connectivity index (χ3n) is 2.69. The van der Waals surface area contributed by atoms with Gasteiger partial charge in [0.2, 0.25) is 10.0 Å². The van der Waals surface area contributed by atoms with Crippen LogP contribution in [0.3, 0.4) is 0 Å². The van der Waals surface area contributed by atoms with Crippen molar-refractivity contribution in [3.05, 3.63) is 29.8 Å². The highest BCUT2D eigenvalue weighted by molar-refractivity contribution is 14.0. The van der Waals surface area contributed by atoms with E-state index in [9.17, 15) is 8.42 Å². The summed E-state index contributed by atoms with van der Waals surface area (Å²) in [5.41, 5.74) is 1.03. The molecule has 0 aliphatic heterocycles. The molecule has 0 fully saturated rings. The van der Waals surface area contributed by atoms with Gasteiger partial charge in [-0.15, -0.1) is 24.0 Å². The van der Waals surface area contributed by atoms with Crippen LogP contribution in [0.4, 0.5) is 0 Å². The molecule has 126 valence electrons. The molecular weight excluding hydrogens is 415 g/mol. The van der Waals surface area contributed by atoms with Gasteiger partial charge in [-0.3, -0.25) is 4.99 Å². The minimum absolute atomic E-state index is 0. The SMILES string of the molecule is CN=C(NCCNS(=O)(=O)c1ccc(C)cc1)NC(C)C.I. The van der Waals surface area contributed by atoms with Crippen LogP contribution in [0.5, 0.6) is 0 Å². The largest absolute Gasteiger partial charge is 0.355 e. The van der Waals surface area contributed by atoms with Crippen LogP contribution in [-0.2, 0) is 10.0 Å². The lowest BCUT2D eigenvalue weighted by molar-refractivity contribution is 0.580. The van der Waals surface area contributed by atoms with Crippen LogP contribution in [0.25, 0.3) is 0 Å². The molecule has 0 radical (unpaired) electrons. The Kier molecular flexibility index (Phi) is 9.61. The predicted molar refractivity (Wildman–Crippen MR) is 101 cm³/mol. The van der Waals surface area contributed by atoms with Crippen LogP contribution < -0.4 is 15.4 Å².